The summed E-state index contributed by atoms with van der Waals surface area (Å²) in [6.07, 6.45) is 11.4. The Hall–Kier alpha value is 0.270. The lowest BCUT2D eigenvalue weighted by Crippen LogP contribution is -2.47. The van der Waals surface area contributed by atoms with Crippen molar-refractivity contribution >= 4 is 35.6 Å². The van der Waals surface area contributed by atoms with E-state index in [1.807, 2.05) is 0 Å². The molecule has 5 nitrogen and oxygen atoms in total. The van der Waals surface area contributed by atoms with Crippen LogP contribution in [0.25, 0.3) is 0 Å². The zero-order valence-corrected chi connectivity index (χ0v) is 19.5. The second-order valence-corrected chi connectivity index (χ2v) is 10.3. The molecule has 0 fully saturated rings. The van der Waals surface area contributed by atoms with Crippen molar-refractivity contribution in [1.82, 2.24) is 9.62 Å². The van der Waals surface area contributed by atoms with Crippen molar-refractivity contribution in [3.63, 3.8) is 0 Å². The molecular formula is C18H38N2O3S3. The normalized spacial score (nSPS) is 18.8. The molecule has 8 heteroatoms. The van der Waals surface area contributed by atoms with Crippen molar-refractivity contribution in [2.75, 3.05) is 7.05 Å². The van der Waals surface area contributed by atoms with Gasteiger partial charge in [-0.2, -0.15) is 38.0 Å². The van der Waals surface area contributed by atoms with Gasteiger partial charge in [-0.05, 0) is 38.0 Å². The molecular weight excluding hydrogens is 388 g/mol. The molecule has 0 aromatic carbocycles. The molecule has 156 valence electrons. The maximum Gasteiger partial charge on any atom is 0.337 e. The highest BCUT2D eigenvalue weighted by Gasteiger charge is 2.26. The SMILES string of the molecule is CCCC/C=C\CC(C)(CC)CC(S)CC(S)NC(C)N(C)S(=O)(=O)O. The standard InChI is InChI=1S/C18H38N2O3S3/c1-6-8-9-10-11-12-18(4,7-2)14-16(24)13-17(25)19-15(3)20(5)26(21,22)23/h10-11,15-17,19,24-25H,6-9,12-14H2,1-5H3,(H,21,22,23)/b11-10-. The minimum absolute atomic E-state index is 0.155. The number of hydrogen-bond donors (Lipinski definition) is 4. The summed E-state index contributed by atoms with van der Waals surface area (Å²) < 4.78 is 32.3. The monoisotopic (exact) mass is 426 g/mol. The smallest absolute Gasteiger partial charge is 0.289 e. The number of rotatable bonds is 14. The molecule has 0 amide bonds. The van der Waals surface area contributed by atoms with E-state index >= 15 is 0 Å². The van der Waals surface area contributed by atoms with Crippen molar-refractivity contribution in [1.29, 1.82) is 0 Å². The summed E-state index contributed by atoms with van der Waals surface area (Å²) in [7, 11) is -2.89. The molecule has 4 unspecified atom stereocenters. The maximum atomic E-state index is 11.2. The number of nitrogens with zero attached hydrogens (tertiary/aromatic N) is 1. The van der Waals surface area contributed by atoms with Gasteiger partial charge in [-0.1, -0.05) is 52.2 Å². The van der Waals surface area contributed by atoms with E-state index < -0.39 is 16.5 Å². The third-order valence-corrected chi connectivity index (χ3v) is 6.72. The van der Waals surface area contributed by atoms with Crippen LogP contribution in [0.4, 0.5) is 0 Å². The van der Waals surface area contributed by atoms with Gasteiger partial charge in [0, 0.05) is 12.3 Å². The summed E-state index contributed by atoms with van der Waals surface area (Å²) in [6, 6.07) is 0. The van der Waals surface area contributed by atoms with Gasteiger partial charge in [0.05, 0.1) is 11.5 Å². The van der Waals surface area contributed by atoms with Crippen LogP contribution in [0, 0.1) is 5.41 Å². The van der Waals surface area contributed by atoms with E-state index in [1.165, 1.54) is 19.9 Å². The van der Waals surface area contributed by atoms with Crippen LogP contribution in [0.2, 0.25) is 0 Å². The first-order chi connectivity index (χ1) is 11.9. The largest absolute Gasteiger partial charge is 0.337 e. The van der Waals surface area contributed by atoms with Crippen LogP contribution < -0.4 is 5.32 Å². The van der Waals surface area contributed by atoms with Gasteiger partial charge in [0.2, 0.25) is 0 Å². The van der Waals surface area contributed by atoms with Gasteiger partial charge in [-0.25, -0.2) is 0 Å². The molecule has 26 heavy (non-hydrogen) atoms. The Morgan fingerprint density at radius 3 is 2.38 bits per heavy atom. The Morgan fingerprint density at radius 2 is 1.88 bits per heavy atom. The Bertz CT molecular complexity index is 514. The van der Waals surface area contributed by atoms with Crippen LogP contribution >= 0.6 is 25.3 Å². The molecule has 0 aromatic rings. The summed E-state index contributed by atoms with van der Waals surface area (Å²) in [5.41, 5.74) is 0.194. The van der Waals surface area contributed by atoms with Crippen molar-refractivity contribution in [2.45, 2.75) is 89.4 Å². The van der Waals surface area contributed by atoms with Crippen LogP contribution in [0.5, 0.6) is 0 Å². The van der Waals surface area contributed by atoms with Gasteiger partial charge in [0.15, 0.2) is 0 Å². The fourth-order valence-corrected chi connectivity index (χ4v) is 4.49. The van der Waals surface area contributed by atoms with E-state index in [9.17, 15) is 8.42 Å². The highest BCUT2D eigenvalue weighted by Crippen LogP contribution is 2.35. The second-order valence-electron chi connectivity index (χ2n) is 7.43. The van der Waals surface area contributed by atoms with Crippen molar-refractivity contribution in [2.24, 2.45) is 5.41 Å². The lowest BCUT2D eigenvalue weighted by Gasteiger charge is -2.32. The van der Waals surface area contributed by atoms with Crippen LogP contribution in [0.3, 0.4) is 0 Å². The third kappa shape index (κ3) is 11.2. The highest BCUT2D eigenvalue weighted by atomic mass is 32.2. The van der Waals surface area contributed by atoms with Gasteiger partial charge in [-0.3, -0.25) is 9.87 Å². The summed E-state index contributed by atoms with van der Waals surface area (Å²) >= 11 is 9.24. The van der Waals surface area contributed by atoms with Crippen LogP contribution in [-0.2, 0) is 10.3 Å². The molecule has 0 rings (SSSR count). The van der Waals surface area contributed by atoms with Crippen LogP contribution in [0.15, 0.2) is 12.2 Å². The van der Waals surface area contributed by atoms with Gasteiger partial charge >= 0.3 is 10.3 Å². The number of unbranched alkanes of at least 4 members (excludes halogenated alkanes) is 2. The molecule has 0 aliphatic carbocycles. The van der Waals surface area contributed by atoms with E-state index in [-0.39, 0.29) is 16.0 Å². The van der Waals surface area contributed by atoms with Crippen molar-refractivity contribution in [3.05, 3.63) is 12.2 Å². The fraction of sp³-hybridized carbons (Fsp3) is 0.889. The summed E-state index contributed by atoms with van der Waals surface area (Å²) in [5.74, 6) is 0. The first-order valence-corrected chi connectivity index (χ1v) is 11.9. The molecule has 0 heterocycles. The molecule has 0 radical (unpaired) electrons. The van der Waals surface area contributed by atoms with Crippen molar-refractivity contribution < 1.29 is 13.0 Å². The third-order valence-electron chi connectivity index (χ3n) is 4.92. The van der Waals surface area contributed by atoms with Gasteiger partial charge < -0.3 is 0 Å². The van der Waals surface area contributed by atoms with E-state index in [2.05, 4.69) is 50.9 Å². The minimum atomic E-state index is -4.22. The maximum absolute atomic E-state index is 11.2. The number of nitrogens with one attached hydrogen (secondary N) is 1. The van der Waals surface area contributed by atoms with Gasteiger partial charge in [0.25, 0.3) is 0 Å². The molecule has 0 aromatic heterocycles. The number of allylic oxidation sites excluding steroid dienone is 2. The van der Waals surface area contributed by atoms with E-state index in [0.29, 0.717) is 6.42 Å². The zero-order chi connectivity index (χ0) is 20.4. The minimum Gasteiger partial charge on any atom is -0.289 e. The quantitative estimate of drug-likeness (QED) is 0.108. The Balaban J connectivity index is 4.50. The predicted octanol–water partition coefficient (Wildman–Crippen LogP) is 4.54. The lowest BCUT2D eigenvalue weighted by molar-refractivity contribution is 0.269. The zero-order valence-electron chi connectivity index (χ0n) is 16.9. The number of thiol groups is 2. The fourth-order valence-electron chi connectivity index (χ4n) is 2.74. The molecule has 2 N–H and O–H groups in total. The summed E-state index contributed by atoms with van der Waals surface area (Å²) in [6.45, 7) is 8.36. The average molecular weight is 427 g/mol. The molecule has 0 bridgehead atoms. The Labute approximate surface area is 172 Å². The Kier molecular flexibility index (Phi) is 12.8. The predicted molar refractivity (Wildman–Crippen MR) is 118 cm³/mol. The van der Waals surface area contributed by atoms with Crippen LogP contribution in [0.1, 0.15) is 72.6 Å². The molecule has 0 aliphatic rings. The van der Waals surface area contributed by atoms with Gasteiger partial charge in [0.1, 0.15) is 0 Å². The Morgan fingerprint density at radius 1 is 1.27 bits per heavy atom. The molecule has 0 spiro atoms. The molecule has 0 saturated heterocycles. The van der Waals surface area contributed by atoms with Crippen LogP contribution in [-0.4, -0.2) is 41.1 Å². The topological polar surface area (TPSA) is 69.6 Å². The summed E-state index contributed by atoms with van der Waals surface area (Å²) in [4.78, 5) is 0. The number of hydrogen-bond acceptors (Lipinski definition) is 5. The van der Waals surface area contributed by atoms with E-state index in [1.54, 1.807) is 6.92 Å². The first kappa shape index (κ1) is 26.3. The summed E-state index contributed by atoms with van der Waals surface area (Å²) in [5, 5.41) is 3.02. The van der Waals surface area contributed by atoms with E-state index in [0.717, 1.165) is 30.0 Å². The molecule has 4 atom stereocenters. The van der Waals surface area contributed by atoms with E-state index in [4.69, 9.17) is 17.2 Å². The second kappa shape index (κ2) is 12.7. The lowest BCUT2D eigenvalue weighted by atomic mass is 9.79. The van der Waals surface area contributed by atoms with Gasteiger partial charge in [-0.15, -0.1) is 0 Å². The molecule has 0 aliphatic heterocycles. The average Bonchev–Trinajstić information content (AvgIpc) is 2.52. The first-order valence-electron chi connectivity index (χ1n) is 9.42. The highest BCUT2D eigenvalue weighted by molar-refractivity contribution is 7.83. The van der Waals surface area contributed by atoms with Crippen molar-refractivity contribution in [3.8, 4) is 0 Å². The molecule has 0 saturated carbocycles.